The predicted molar refractivity (Wildman–Crippen MR) is 82.6 cm³/mol. The average molecular weight is 354 g/mol. The van der Waals surface area contributed by atoms with Gasteiger partial charge in [0.05, 0.1) is 20.4 Å². The molecule has 0 saturated heterocycles. The molecule has 3 N–H and O–H groups in total. The molecule has 1 heterocycles. The third-order valence-electron chi connectivity index (χ3n) is 2.74. The first-order valence-electron chi connectivity index (χ1n) is 6.44. The number of aromatic hydroxyl groups is 1. The molecule has 2 amide bonds. The Balaban J connectivity index is 2.15. The van der Waals surface area contributed by atoms with E-state index in [4.69, 9.17) is 9.47 Å². The SMILES string of the molecule is COc1cnc(NC(=O)NS(=O)(=O)c2ccccc2O)nc1OC. The van der Waals surface area contributed by atoms with Crippen LogP contribution in [0.3, 0.4) is 0 Å². The molecular weight excluding hydrogens is 340 g/mol. The molecule has 0 radical (unpaired) electrons. The number of ether oxygens (including phenoxy) is 2. The van der Waals surface area contributed by atoms with Crippen LogP contribution in [0.15, 0.2) is 35.4 Å². The minimum Gasteiger partial charge on any atom is -0.507 e. The van der Waals surface area contributed by atoms with Crippen molar-refractivity contribution in [3.63, 3.8) is 0 Å². The minimum absolute atomic E-state index is 0.0614. The molecule has 1 aromatic carbocycles. The number of hydrogen-bond acceptors (Lipinski definition) is 8. The number of phenolic OH excluding ortho intramolecular Hbond substituents is 1. The molecule has 0 saturated carbocycles. The summed E-state index contributed by atoms with van der Waals surface area (Å²) in [6.45, 7) is 0. The van der Waals surface area contributed by atoms with Crippen molar-refractivity contribution in [3.8, 4) is 17.4 Å². The highest BCUT2D eigenvalue weighted by Gasteiger charge is 2.21. The Bertz CT molecular complexity index is 855. The number of sulfonamides is 1. The van der Waals surface area contributed by atoms with E-state index in [0.29, 0.717) is 0 Å². The molecule has 0 unspecified atom stereocenters. The van der Waals surface area contributed by atoms with Crippen LogP contribution in [-0.4, -0.2) is 43.7 Å². The molecule has 0 aliphatic heterocycles. The highest BCUT2D eigenvalue weighted by Crippen LogP contribution is 2.24. The Morgan fingerprint density at radius 3 is 2.54 bits per heavy atom. The van der Waals surface area contributed by atoms with Crippen molar-refractivity contribution in [2.75, 3.05) is 19.5 Å². The first kappa shape index (κ1) is 17.3. The number of hydrogen-bond donors (Lipinski definition) is 3. The summed E-state index contributed by atoms with van der Waals surface area (Å²) in [5.74, 6) is -0.380. The molecule has 11 heteroatoms. The van der Waals surface area contributed by atoms with Crippen LogP contribution in [0.25, 0.3) is 0 Å². The van der Waals surface area contributed by atoms with Gasteiger partial charge in [0, 0.05) is 0 Å². The molecule has 1 aromatic heterocycles. The van der Waals surface area contributed by atoms with E-state index in [0.717, 1.165) is 6.07 Å². The Labute approximate surface area is 137 Å². The fourth-order valence-electron chi connectivity index (χ4n) is 1.69. The fourth-order valence-corrected chi connectivity index (χ4v) is 2.70. The molecule has 128 valence electrons. The largest absolute Gasteiger partial charge is 0.507 e. The number of para-hydroxylation sites is 1. The van der Waals surface area contributed by atoms with E-state index >= 15 is 0 Å². The van der Waals surface area contributed by atoms with Gasteiger partial charge in [0.15, 0.2) is 5.75 Å². The van der Waals surface area contributed by atoms with Gasteiger partial charge in [-0.1, -0.05) is 12.1 Å². The van der Waals surface area contributed by atoms with E-state index in [-0.39, 0.29) is 17.6 Å². The van der Waals surface area contributed by atoms with Crippen LogP contribution in [0.1, 0.15) is 0 Å². The van der Waals surface area contributed by atoms with E-state index in [9.17, 15) is 18.3 Å². The number of aromatic nitrogens is 2. The number of amides is 2. The maximum absolute atomic E-state index is 12.1. The van der Waals surface area contributed by atoms with Crippen molar-refractivity contribution in [1.82, 2.24) is 14.7 Å². The number of methoxy groups -OCH3 is 2. The standard InChI is InChI=1S/C13H14N4O6S/c1-22-9-7-14-12(15-11(9)23-2)16-13(19)17-24(20,21)10-6-4-3-5-8(10)18/h3-7,18H,1-2H3,(H2,14,15,16,17,19). The van der Waals surface area contributed by atoms with E-state index in [1.807, 2.05) is 0 Å². The second kappa shape index (κ2) is 7.00. The van der Waals surface area contributed by atoms with Crippen LogP contribution in [0.4, 0.5) is 10.7 Å². The number of rotatable bonds is 5. The fraction of sp³-hybridized carbons (Fsp3) is 0.154. The summed E-state index contributed by atoms with van der Waals surface area (Å²) >= 11 is 0. The highest BCUT2D eigenvalue weighted by atomic mass is 32.2. The van der Waals surface area contributed by atoms with Crippen LogP contribution in [0, 0.1) is 0 Å². The highest BCUT2D eigenvalue weighted by molar-refractivity contribution is 7.90. The minimum atomic E-state index is -4.26. The first-order valence-corrected chi connectivity index (χ1v) is 7.92. The Kier molecular flexibility index (Phi) is 5.04. The second-order valence-corrected chi connectivity index (χ2v) is 5.95. The molecule has 0 aliphatic rings. The third-order valence-corrected chi connectivity index (χ3v) is 4.12. The number of benzene rings is 1. The van der Waals surface area contributed by atoms with Gasteiger partial charge >= 0.3 is 6.03 Å². The topological polar surface area (TPSA) is 140 Å². The molecule has 0 aliphatic carbocycles. The molecule has 2 rings (SSSR count). The van der Waals surface area contributed by atoms with Gasteiger partial charge in [0.25, 0.3) is 15.9 Å². The summed E-state index contributed by atoms with van der Waals surface area (Å²) < 4.78 is 35.7. The van der Waals surface area contributed by atoms with Crippen LogP contribution in [0.2, 0.25) is 0 Å². The summed E-state index contributed by atoms with van der Waals surface area (Å²) in [6, 6.07) is 4.09. The number of anilines is 1. The van der Waals surface area contributed by atoms with E-state index in [1.165, 1.54) is 38.6 Å². The number of phenols is 1. The van der Waals surface area contributed by atoms with E-state index in [2.05, 4.69) is 15.3 Å². The number of urea groups is 1. The smallest absolute Gasteiger partial charge is 0.335 e. The van der Waals surface area contributed by atoms with E-state index in [1.54, 1.807) is 4.72 Å². The first-order chi connectivity index (χ1) is 11.4. The van der Waals surface area contributed by atoms with Crippen molar-refractivity contribution >= 4 is 22.0 Å². The molecule has 0 bridgehead atoms. The molecule has 10 nitrogen and oxygen atoms in total. The summed E-state index contributed by atoms with van der Waals surface area (Å²) in [4.78, 5) is 19.0. The van der Waals surface area contributed by atoms with Crippen LogP contribution in [0.5, 0.6) is 17.4 Å². The zero-order chi connectivity index (χ0) is 17.7. The normalized spacial score (nSPS) is 10.8. The lowest BCUT2D eigenvalue weighted by Crippen LogP contribution is -2.34. The average Bonchev–Trinajstić information content (AvgIpc) is 2.54. The van der Waals surface area contributed by atoms with Crippen LogP contribution in [-0.2, 0) is 10.0 Å². The lowest BCUT2D eigenvalue weighted by molar-refractivity contribution is 0.256. The number of carbonyl (C=O) groups is 1. The monoisotopic (exact) mass is 354 g/mol. The maximum atomic E-state index is 12.1. The Morgan fingerprint density at radius 1 is 1.21 bits per heavy atom. The van der Waals surface area contributed by atoms with Crippen LogP contribution >= 0.6 is 0 Å². The molecular formula is C13H14N4O6S. The summed E-state index contributed by atoms with van der Waals surface area (Å²) in [5.41, 5.74) is 0. The Morgan fingerprint density at radius 2 is 1.92 bits per heavy atom. The molecule has 2 aromatic rings. The summed E-state index contributed by atoms with van der Waals surface area (Å²) in [5, 5.41) is 11.7. The van der Waals surface area contributed by atoms with Crippen molar-refractivity contribution in [2.24, 2.45) is 0 Å². The number of carbonyl (C=O) groups excluding carboxylic acids is 1. The van der Waals surface area contributed by atoms with Gasteiger partial charge in [-0.3, -0.25) is 5.32 Å². The lowest BCUT2D eigenvalue weighted by atomic mass is 10.3. The molecule has 24 heavy (non-hydrogen) atoms. The molecule has 0 spiro atoms. The van der Waals surface area contributed by atoms with Crippen molar-refractivity contribution in [3.05, 3.63) is 30.5 Å². The van der Waals surface area contributed by atoms with Crippen LogP contribution < -0.4 is 19.5 Å². The lowest BCUT2D eigenvalue weighted by Gasteiger charge is -2.10. The number of nitrogens with one attached hydrogen (secondary N) is 2. The third kappa shape index (κ3) is 3.81. The second-order valence-electron chi connectivity index (χ2n) is 4.30. The van der Waals surface area contributed by atoms with Gasteiger partial charge in [-0.2, -0.15) is 4.98 Å². The molecule has 0 atom stereocenters. The van der Waals surface area contributed by atoms with Gasteiger partial charge in [-0.05, 0) is 12.1 Å². The summed E-state index contributed by atoms with van der Waals surface area (Å²) in [7, 11) is -1.53. The molecule has 0 fully saturated rings. The Hall–Kier alpha value is -3.08. The van der Waals surface area contributed by atoms with Gasteiger partial charge in [-0.15, -0.1) is 0 Å². The number of nitrogens with zero attached hydrogens (tertiary/aromatic N) is 2. The maximum Gasteiger partial charge on any atom is 0.335 e. The van der Waals surface area contributed by atoms with Crippen molar-refractivity contribution in [1.29, 1.82) is 0 Å². The summed E-state index contributed by atoms with van der Waals surface area (Å²) in [6.07, 6.45) is 1.25. The zero-order valence-corrected chi connectivity index (χ0v) is 13.5. The zero-order valence-electron chi connectivity index (χ0n) is 12.7. The quantitative estimate of drug-likeness (QED) is 0.713. The van der Waals surface area contributed by atoms with Crippen molar-refractivity contribution in [2.45, 2.75) is 4.90 Å². The van der Waals surface area contributed by atoms with Gasteiger partial charge < -0.3 is 14.6 Å². The van der Waals surface area contributed by atoms with E-state index < -0.39 is 26.7 Å². The van der Waals surface area contributed by atoms with Gasteiger partial charge in [0.2, 0.25) is 5.95 Å². The predicted octanol–water partition coefficient (Wildman–Crippen LogP) is 0.710. The van der Waals surface area contributed by atoms with Gasteiger partial charge in [0.1, 0.15) is 10.6 Å². The van der Waals surface area contributed by atoms with Gasteiger partial charge in [-0.25, -0.2) is 22.9 Å². The van der Waals surface area contributed by atoms with Crippen molar-refractivity contribution < 1.29 is 27.8 Å².